The van der Waals surface area contributed by atoms with E-state index >= 15 is 0 Å². The highest BCUT2D eigenvalue weighted by Crippen LogP contribution is 2.04. The Hall–Kier alpha value is -1.28. The second kappa shape index (κ2) is 13.7. The monoisotopic (exact) mass is 223 g/mol. The molecule has 0 spiro atoms. The van der Waals surface area contributed by atoms with Crippen LogP contribution < -0.4 is 5.73 Å². The summed E-state index contributed by atoms with van der Waals surface area (Å²) < 4.78 is 0. The van der Waals surface area contributed by atoms with Gasteiger partial charge in [0.1, 0.15) is 0 Å². The summed E-state index contributed by atoms with van der Waals surface area (Å²) >= 11 is 0. The van der Waals surface area contributed by atoms with E-state index in [1.54, 1.807) is 0 Å². The van der Waals surface area contributed by atoms with Gasteiger partial charge < -0.3 is 10.8 Å². The van der Waals surface area contributed by atoms with E-state index in [2.05, 4.69) is 26.2 Å². The Bertz CT molecular complexity index is 244. The molecule has 1 aromatic carbocycles. The minimum Gasteiger partial charge on any atom is -0.513 e. The lowest BCUT2D eigenvalue weighted by atomic mass is 10.1. The lowest BCUT2D eigenvalue weighted by molar-refractivity contribution is 0.391. The van der Waals surface area contributed by atoms with Crippen molar-refractivity contribution >= 4 is 0 Å². The molecular formula is C14H25NO. The van der Waals surface area contributed by atoms with Gasteiger partial charge in [0.2, 0.25) is 0 Å². The fourth-order valence-electron chi connectivity index (χ4n) is 0.933. The fourth-order valence-corrected chi connectivity index (χ4v) is 0.933. The number of nitrogens with two attached hydrogens (primary N) is 1. The van der Waals surface area contributed by atoms with Crippen LogP contribution in [0, 0.1) is 0 Å². The first-order chi connectivity index (χ1) is 7.70. The molecule has 0 aliphatic rings. The number of aliphatic hydroxyl groups is 1. The van der Waals surface area contributed by atoms with Crippen molar-refractivity contribution in [2.24, 2.45) is 5.73 Å². The molecule has 0 saturated heterocycles. The molecule has 2 nitrogen and oxygen atoms in total. The van der Waals surface area contributed by atoms with Crippen LogP contribution in [0.4, 0.5) is 0 Å². The van der Waals surface area contributed by atoms with Crippen LogP contribution in [0.3, 0.4) is 0 Å². The van der Waals surface area contributed by atoms with Gasteiger partial charge in [0.25, 0.3) is 0 Å². The Morgan fingerprint density at radius 2 is 1.62 bits per heavy atom. The normalized spacial score (nSPS) is 8.00. The Morgan fingerprint density at radius 1 is 1.19 bits per heavy atom. The Labute approximate surface area is 99.8 Å². The molecule has 0 aliphatic heterocycles. The molecular weight excluding hydrogens is 198 g/mol. The van der Waals surface area contributed by atoms with Crippen molar-refractivity contribution in [3.05, 3.63) is 48.2 Å². The van der Waals surface area contributed by atoms with E-state index in [1.807, 2.05) is 30.3 Å². The average Bonchev–Trinajstić information content (AvgIpc) is 2.31. The third kappa shape index (κ3) is 12.7. The summed E-state index contributed by atoms with van der Waals surface area (Å²) in [5.41, 5.74) is 5.74. The third-order valence-electron chi connectivity index (χ3n) is 1.55. The molecule has 0 heterocycles. The number of benzene rings is 1. The molecule has 0 bridgehead atoms. The van der Waals surface area contributed by atoms with Gasteiger partial charge in [0, 0.05) is 6.42 Å². The zero-order valence-electron chi connectivity index (χ0n) is 10.7. The molecule has 16 heavy (non-hydrogen) atoms. The van der Waals surface area contributed by atoms with Gasteiger partial charge in [-0.3, -0.25) is 0 Å². The predicted octanol–water partition coefficient (Wildman–Crippen LogP) is 3.68. The molecule has 1 aromatic rings. The molecule has 0 atom stereocenters. The van der Waals surface area contributed by atoms with Gasteiger partial charge in [0.15, 0.2) is 0 Å². The maximum Gasteiger partial charge on any atom is 0.0854 e. The van der Waals surface area contributed by atoms with Crippen LogP contribution >= 0.6 is 0 Å². The van der Waals surface area contributed by atoms with Gasteiger partial charge in [-0.05, 0) is 19.0 Å². The summed E-state index contributed by atoms with van der Waals surface area (Å²) in [6.07, 6.45) is 2.78. The molecule has 1 rings (SSSR count). The van der Waals surface area contributed by atoms with Gasteiger partial charge in [0.05, 0.1) is 5.76 Å². The van der Waals surface area contributed by atoms with E-state index in [4.69, 9.17) is 5.11 Å². The Kier molecular flexibility index (Phi) is 14.7. The van der Waals surface area contributed by atoms with Crippen LogP contribution in [0.15, 0.2) is 42.7 Å². The van der Waals surface area contributed by atoms with Crippen molar-refractivity contribution in [3.8, 4) is 0 Å². The molecule has 0 radical (unpaired) electrons. The summed E-state index contributed by atoms with van der Waals surface area (Å²) in [7, 11) is 1.50. The largest absolute Gasteiger partial charge is 0.513 e. The lowest BCUT2D eigenvalue weighted by Gasteiger charge is -1.98. The average molecular weight is 223 g/mol. The van der Waals surface area contributed by atoms with Crippen LogP contribution in [0.5, 0.6) is 0 Å². The van der Waals surface area contributed by atoms with Crippen LogP contribution in [0.25, 0.3) is 0 Å². The maximum absolute atomic E-state index is 8.82. The maximum atomic E-state index is 8.82. The van der Waals surface area contributed by atoms with Crippen molar-refractivity contribution in [2.75, 3.05) is 7.05 Å². The van der Waals surface area contributed by atoms with Crippen molar-refractivity contribution < 1.29 is 5.11 Å². The number of aryl methyl sites for hydroxylation is 1. The first-order valence-electron chi connectivity index (χ1n) is 5.69. The molecule has 0 unspecified atom stereocenters. The van der Waals surface area contributed by atoms with E-state index in [0.717, 1.165) is 6.42 Å². The van der Waals surface area contributed by atoms with Gasteiger partial charge in [-0.1, -0.05) is 57.2 Å². The zero-order chi connectivity index (χ0) is 12.8. The zero-order valence-corrected chi connectivity index (χ0v) is 10.7. The van der Waals surface area contributed by atoms with Crippen LogP contribution in [0.2, 0.25) is 0 Å². The van der Waals surface area contributed by atoms with Crippen LogP contribution in [-0.2, 0) is 6.42 Å². The van der Waals surface area contributed by atoms with E-state index in [0.29, 0.717) is 6.42 Å². The summed E-state index contributed by atoms with van der Waals surface area (Å²) in [4.78, 5) is 0. The highest BCUT2D eigenvalue weighted by atomic mass is 16.3. The lowest BCUT2D eigenvalue weighted by Crippen LogP contribution is -1.85. The summed E-state index contributed by atoms with van der Waals surface area (Å²) in [6, 6.07) is 10.1. The van der Waals surface area contributed by atoms with Gasteiger partial charge in [-0.15, -0.1) is 0 Å². The minimum atomic E-state index is 0.258. The van der Waals surface area contributed by atoms with Gasteiger partial charge >= 0.3 is 0 Å². The van der Waals surface area contributed by atoms with Crippen molar-refractivity contribution in [1.82, 2.24) is 0 Å². The topological polar surface area (TPSA) is 46.2 Å². The number of hydrogen-bond acceptors (Lipinski definition) is 2. The van der Waals surface area contributed by atoms with Crippen molar-refractivity contribution in [3.63, 3.8) is 0 Å². The Balaban J connectivity index is 0. The highest BCUT2D eigenvalue weighted by Gasteiger charge is 1.91. The minimum absolute atomic E-state index is 0.258. The summed E-state index contributed by atoms with van der Waals surface area (Å²) in [5, 5.41) is 8.82. The number of rotatable bonds is 3. The molecule has 0 fully saturated rings. The third-order valence-corrected chi connectivity index (χ3v) is 1.55. The first-order valence-corrected chi connectivity index (χ1v) is 5.69. The number of hydrogen-bond donors (Lipinski definition) is 2. The van der Waals surface area contributed by atoms with Gasteiger partial charge in [-0.2, -0.15) is 0 Å². The van der Waals surface area contributed by atoms with Crippen molar-refractivity contribution in [1.29, 1.82) is 0 Å². The molecule has 3 N–H and O–H groups in total. The molecule has 0 amide bonds. The summed E-state index contributed by atoms with van der Waals surface area (Å²) in [5.74, 6) is 0.258. The highest BCUT2D eigenvalue weighted by molar-refractivity contribution is 5.15. The molecule has 2 heteroatoms. The fraction of sp³-hybridized carbons (Fsp3) is 0.429. The molecule has 0 saturated carbocycles. The molecule has 92 valence electrons. The van der Waals surface area contributed by atoms with Crippen LogP contribution in [0.1, 0.15) is 32.3 Å². The molecule has 0 aromatic heterocycles. The van der Waals surface area contributed by atoms with E-state index < -0.39 is 0 Å². The first kappa shape index (κ1) is 17.1. The van der Waals surface area contributed by atoms with E-state index in [-0.39, 0.29) is 5.76 Å². The van der Waals surface area contributed by atoms with Gasteiger partial charge in [-0.25, -0.2) is 0 Å². The second-order valence-electron chi connectivity index (χ2n) is 3.26. The molecule has 0 aliphatic carbocycles. The smallest absolute Gasteiger partial charge is 0.0854 e. The second-order valence-corrected chi connectivity index (χ2v) is 3.26. The number of aliphatic hydroxyl groups excluding tert-OH is 1. The van der Waals surface area contributed by atoms with Crippen molar-refractivity contribution in [2.45, 2.75) is 33.1 Å². The predicted molar refractivity (Wildman–Crippen MR) is 72.6 cm³/mol. The standard InChI is InChI=1S/C10H12O.C3H8.CH5N/c1-9(11)7-8-10-5-3-2-4-6-10;1-3-2;1-2/h2-6,11H,1,7-8H2;3H2,1-2H3;2H2,1H3. The number of allylic oxidation sites excluding steroid dienone is 1. The SMILES string of the molecule is C=C(O)CCc1ccccc1.CCC.CN. The summed E-state index contributed by atoms with van der Waals surface area (Å²) in [6.45, 7) is 7.68. The Morgan fingerprint density at radius 3 is 2.00 bits per heavy atom. The van der Waals surface area contributed by atoms with E-state index in [9.17, 15) is 0 Å². The van der Waals surface area contributed by atoms with Crippen LogP contribution in [-0.4, -0.2) is 12.2 Å². The quantitative estimate of drug-likeness (QED) is 0.768. The van der Waals surface area contributed by atoms with E-state index in [1.165, 1.54) is 19.0 Å².